The molecule has 0 fully saturated rings. The summed E-state index contributed by atoms with van der Waals surface area (Å²) in [6.07, 6.45) is 12.1. The zero-order valence-corrected chi connectivity index (χ0v) is 67.4. The van der Waals surface area contributed by atoms with Gasteiger partial charge in [0.1, 0.15) is 6.61 Å². The van der Waals surface area contributed by atoms with Crippen molar-refractivity contribution in [1.82, 2.24) is 0 Å². The van der Waals surface area contributed by atoms with Crippen LogP contribution in [0.5, 0.6) is 0 Å². The summed E-state index contributed by atoms with van der Waals surface area (Å²) in [5, 5.41) is 17.0. The number of ether oxygens (including phenoxy) is 4. The SMILES string of the molecule is C.C.C.C.C.C.C.C.C.C.C.C.C=CC(=O)OCCOCCC[Si](C)(O[Si](C)(C)C)O[Si](C)(CCCC)O[Si](C)(C)C.C=CCC.C=CCOCCO.CCCC[Si](C)(O[Si](C)(C)C)O[Si](C)(CCCOCCO)O[Si](C)(C)C.C[SiH](O[Si](C)(C)C)O[Si](C)(C)C. The molecule has 0 saturated heterocycles. The topological polar surface area (TPSA) is 168 Å². The van der Waals surface area contributed by atoms with E-state index in [-0.39, 0.29) is 109 Å². The number of hydrogen-bond donors (Lipinski definition) is 2. The van der Waals surface area contributed by atoms with Crippen molar-refractivity contribution < 1.29 is 66.9 Å². The lowest BCUT2D eigenvalue weighted by Crippen LogP contribution is -2.58. The fraction of sp³-hybridized carbons (Fsp3) is 0.892. The molecule has 0 heterocycles. The maximum atomic E-state index is 11.0. The van der Waals surface area contributed by atoms with Gasteiger partial charge in [-0.2, -0.15) is 0 Å². The van der Waals surface area contributed by atoms with Crippen LogP contribution in [-0.4, -0.2) is 169 Å². The van der Waals surface area contributed by atoms with Crippen LogP contribution < -0.4 is 0 Å². The van der Waals surface area contributed by atoms with Crippen LogP contribution in [-0.2, 0) is 56.7 Å². The molecule has 0 amide bonds. The molecule has 0 radical (unpaired) electrons. The van der Waals surface area contributed by atoms with Crippen LogP contribution in [0.25, 0.3) is 0 Å². The average molecular weight is 1510 g/mol. The normalized spacial score (nSPS) is 13.3. The molecule has 4 atom stereocenters. The van der Waals surface area contributed by atoms with Crippen LogP contribution in [0.1, 0.15) is 155 Å². The van der Waals surface area contributed by atoms with E-state index in [1.807, 2.05) is 6.08 Å². The zero-order chi connectivity index (χ0) is 62.9. The Morgan fingerprint density at radius 2 is 0.637 bits per heavy atom. The second-order valence-electron chi connectivity index (χ2n) is 26.1. The van der Waals surface area contributed by atoms with E-state index in [9.17, 15) is 4.79 Å². The van der Waals surface area contributed by atoms with Gasteiger partial charge in [0.25, 0.3) is 9.28 Å². The number of rotatable bonds is 41. The first kappa shape index (κ1) is 135. The summed E-state index contributed by atoms with van der Waals surface area (Å²) in [6, 6.07) is 3.82. The second-order valence-corrected chi connectivity index (χ2v) is 70.5. The van der Waals surface area contributed by atoms with Gasteiger partial charge in [0, 0.05) is 19.3 Å². The van der Waals surface area contributed by atoms with Crippen molar-refractivity contribution in [1.29, 1.82) is 0 Å². The summed E-state index contributed by atoms with van der Waals surface area (Å²) in [5.74, 6) is -0.422. The summed E-state index contributed by atoms with van der Waals surface area (Å²) in [7, 11) is -20.3. The minimum atomic E-state index is -2.42. The van der Waals surface area contributed by atoms with E-state index in [0.717, 1.165) is 75.2 Å². The predicted molar refractivity (Wildman–Crippen MR) is 446 cm³/mol. The third kappa shape index (κ3) is 104. The van der Waals surface area contributed by atoms with Crippen LogP contribution in [0, 0.1) is 0 Å². The van der Waals surface area contributed by atoms with E-state index >= 15 is 0 Å². The second kappa shape index (κ2) is 70.4. The molecule has 0 aliphatic carbocycles. The van der Waals surface area contributed by atoms with Crippen LogP contribution in [0.3, 0.4) is 0 Å². The van der Waals surface area contributed by atoms with Gasteiger partial charge in [-0.3, -0.25) is 0 Å². The van der Waals surface area contributed by atoms with Crippen molar-refractivity contribution in [2.75, 3.05) is 59.5 Å². The van der Waals surface area contributed by atoms with Crippen LogP contribution in [0.15, 0.2) is 38.0 Å². The molecule has 0 spiro atoms. The number of allylic oxidation sites excluding steroid dienone is 1. The van der Waals surface area contributed by atoms with Crippen molar-refractivity contribution in [3.63, 3.8) is 0 Å². The van der Waals surface area contributed by atoms with E-state index in [0.29, 0.717) is 39.6 Å². The van der Waals surface area contributed by atoms with Gasteiger partial charge in [0.15, 0.2) is 49.9 Å². The number of aliphatic hydroxyl groups excluding tert-OH is 2. The Morgan fingerprint density at radius 1 is 0.374 bits per heavy atom. The monoisotopic (exact) mass is 1510 g/mol. The predicted octanol–water partition coefficient (Wildman–Crippen LogP) is 22.8. The molecule has 572 valence electrons. The van der Waals surface area contributed by atoms with Gasteiger partial charge < -0.3 is 62.1 Å². The molecule has 4 unspecified atom stereocenters. The van der Waals surface area contributed by atoms with Gasteiger partial charge in [-0.15, -0.1) is 13.2 Å². The molecule has 15 nitrogen and oxygen atoms in total. The third-order valence-corrected chi connectivity index (χ3v) is 46.4. The van der Waals surface area contributed by atoms with Gasteiger partial charge in [0.2, 0.25) is 0 Å². The Balaban J connectivity index is -0.0000000545. The fourth-order valence-electron chi connectivity index (χ4n) is 7.76. The highest BCUT2D eigenvalue weighted by Crippen LogP contribution is 2.33. The van der Waals surface area contributed by atoms with Crippen molar-refractivity contribution in [3.05, 3.63) is 38.0 Å². The lowest BCUT2D eigenvalue weighted by molar-refractivity contribution is -0.139. The molecule has 91 heavy (non-hydrogen) atoms. The van der Waals surface area contributed by atoms with Crippen molar-refractivity contribution in [2.45, 2.75) is 330 Å². The molecule has 0 saturated carbocycles. The summed E-state index contributed by atoms with van der Waals surface area (Å²) in [6.45, 7) is 71.2. The van der Waals surface area contributed by atoms with Gasteiger partial charge in [0.05, 0.1) is 39.6 Å². The number of carbonyl (C=O) groups is 1. The lowest BCUT2D eigenvalue weighted by atomic mass is 10.4. The van der Waals surface area contributed by atoms with Gasteiger partial charge >= 0.3 is 40.2 Å². The minimum Gasteiger partial charge on any atom is -0.460 e. The van der Waals surface area contributed by atoms with Gasteiger partial charge in [-0.25, -0.2) is 4.79 Å². The van der Waals surface area contributed by atoms with Crippen LogP contribution >= 0.6 is 0 Å². The largest absolute Gasteiger partial charge is 0.460 e. The number of unbranched alkanes of at least 4 members (excludes halogenated alkanes) is 2. The van der Waals surface area contributed by atoms with Crippen molar-refractivity contribution in [2.24, 2.45) is 0 Å². The molecular weight excluding hydrogens is 1330 g/mol. The summed E-state index contributed by atoms with van der Waals surface area (Å²) >= 11 is 0. The Bertz CT molecular complexity index is 1510. The first-order valence-corrected chi connectivity index (χ1v) is 62.0. The summed E-state index contributed by atoms with van der Waals surface area (Å²) in [4.78, 5) is 11.0. The van der Waals surface area contributed by atoms with Crippen LogP contribution in [0.2, 0.25) is 175 Å². The first-order valence-electron chi connectivity index (χ1n) is 29.3. The van der Waals surface area contributed by atoms with E-state index in [4.69, 9.17) is 62.1 Å². The fourth-order valence-corrected chi connectivity index (χ4v) is 53.4. The molecule has 0 aliphatic rings. The highest BCUT2D eigenvalue weighted by molar-refractivity contribution is 6.91. The molecule has 0 aromatic heterocycles. The first-order chi connectivity index (χ1) is 35.8. The van der Waals surface area contributed by atoms with Crippen molar-refractivity contribution >= 4 is 99.4 Å². The number of hydrogen-bond acceptors (Lipinski definition) is 15. The molecular formula is C65H178O15Si11. The molecule has 0 aliphatic heterocycles. The van der Waals surface area contributed by atoms with E-state index in [2.05, 4.69) is 191 Å². The average Bonchev–Trinajstić information content (AvgIpc) is 3.24. The molecule has 0 aromatic carbocycles. The Morgan fingerprint density at radius 3 is 0.857 bits per heavy atom. The number of aliphatic hydroxyl groups is 2. The van der Waals surface area contributed by atoms with Gasteiger partial charge in [-0.05, 0) is 194 Å². The highest BCUT2D eigenvalue weighted by Gasteiger charge is 2.48. The Kier molecular flexibility index (Phi) is 105. The highest BCUT2D eigenvalue weighted by atomic mass is 28.5. The quantitative estimate of drug-likeness (QED) is 0.0195. The van der Waals surface area contributed by atoms with E-state index in [1.54, 1.807) is 6.08 Å². The zero-order valence-electron chi connectivity index (χ0n) is 56.3. The summed E-state index contributed by atoms with van der Waals surface area (Å²) < 4.78 is 73.0. The minimum absolute atomic E-state index is 0. The molecule has 0 bridgehead atoms. The number of esters is 1. The Hall–Kier alpha value is 0.556. The number of carbonyl (C=O) groups excluding carboxylic acids is 1. The summed E-state index contributed by atoms with van der Waals surface area (Å²) in [5.41, 5.74) is 0. The lowest BCUT2D eigenvalue weighted by Gasteiger charge is -2.43. The molecule has 0 rings (SSSR count). The third-order valence-electron chi connectivity index (χ3n) is 9.43. The maximum Gasteiger partial charge on any atom is 0.330 e. The molecule has 0 aromatic rings. The van der Waals surface area contributed by atoms with E-state index < -0.39 is 99.4 Å². The van der Waals surface area contributed by atoms with Gasteiger partial charge in [-0.1, -0.05) is 154 Å². The standard InChI is InChI=1S/C20H46O6Si4.C17H44O5Si4.C7H22O2Si3.C5H10O2.C4H8.12CH4/c1-11-13-18-29(9,24-27(3,4)5)26-30(10,25-28(6,7)8)19-14-15-22-16-17-23-20(21)12-2;1-10-11-16-25(8,20-23(2,3)4)22-26(9,21-24(5,6)7)17-12-14-19-15-13-18;1-10(8-11(2,3)4)9-12(5,6)7;1-2-4-7-5-3-6;1-3-4-2;;;;;;;;;;;;/h12H,2,11,13-19H2,1,3-10H3;18H,10-17H2,1-9H3;10H,1-7H3;2,6H,1,3-5H2;3H,1,4H2,2H3;12*1H4. The smallest absolute Gasteiger partial charge is 0.330 e. The van der Waals surface area contributed by atoms with Crippen molar-refractivity contribution in [3.8, 4) is 0 Å². The maximum absolute atomic E-state index is 11.0. The van der Waals surface area contributed by atoms with E-state index in [1.165, 1.54) is 0 Å². The van der Waals surface area contributed by atoms with Crippen LogP contribution in [0.4, 0.5) is 0 Å². The Labute approximate surface area is 589 Å². The molecule has 2 N–H and O–H groups in total. The molecule has 26 heteroatoms.